The lowest BCUT2D eigenvalue weighted by Gasteiger charge is -2.12. The lowest BCUT2D eigenvalue weighted by Crippen LogP contribution is -2.31. The zero-order valence-electron chi connectivity index (χ0n) is 12.4. The van der Waals surface area contributed by atoms with Crippen molar-refractivity contribution in [1.82, 2.24) is 14.3 Å². The molecular formula is C15H15N3O3S2. The Morgan fingerprint density at radius 1 is 1.22 bits per heavy atom. The average Bonchev–Trinajstić information content (AvgIpc) is 3.02. The minimum Gasteiger partial charge on any atom is -0.304 e. The van der Waals surface area contributed by atoms with Crippen molar-refractivity contribution in [2.45, 2.75) is 6.54 Å². The lowest BCUT2D eigenvalue weighted by atomic mass is 10.2. The minimum absolute atomic E-state index is 0.149. The lowest BCUT2D eigenvalue weighted by molar-refractivity contribution is 0.578. The second-order valence-electron chi connectivity index (χ2n) is 5.05. The number of para-hydroxylation sites is 2. The summed E-state index contributed by atoms with van der Waals surface area (Å²) < 4.78 is 26.4. The van der Waals surface area contributed by atoms with Crippen molar-refractivity contribution in [1.29, 1.82) is 0 Å². The number of sulfonamides is 1. The fourth-order valence-electron chi connectivity index (χ4n) is 2.33. The van der Waals surface area contributed by atoms with Gasteiger partial charge in [-0.3, -0.25) is 4.79 Å². The molecule has 2 heterocycles. The standard InChI is InChI=1S/C15H15N3O3S2/c1-23(20,21)16-8-9-18-12-6-3-2-5-11(12)17-14(15(18)19)13-7-4-10-22-13/h2-7,10,16H,8-9H2,1H3. The summed E-state index contributed by atoms with van der Waals surface area (Å²) in [6.45, 7) is 0.393. The monoisotopic (exact) mass is 349 g/mol. The van der Waals surface area contributed by atoms with E-state index in [0.29, 0.717) is 16.7 Å². The van der Waals surface area contributed by atoms with Crippen LogP contribution in [0.3, 0.4) is 0 Å². The molecule has 23 heavy (non-hydrogen) atoms. The summed E-state index contributed by atoms with van der Waals surface area (Å²) in [7, 11) is -3.29. The van der Waals surface area contributed by atoms with E-state index in [-0.39, 0.29) is 18.6 Å². The molecule has 0 radical (unpaired) electrons. The number of hydrogen-bond acceptors (Lipinski definition) is 5. The number of hydrogen-bond donors (Lipinski definition) is 1. The Balaban J connectivity index is 2.10. The Labute approximate surface area is 137 Å². The molecule has 0 bridgehead atoms. The minimum atomic E-state index is -3.29. The van der Waals surface area contributed by atoms with Crippen molar-refractivity contribution in [2.24, 2.45) is 0 Å². The SMILES string of the molecule is CS(=O)(=O)NCCn1c(=O)c(-c2cccs2)nc2ccccc21. The quantitative estimate of drug-likeness (QED) is 0.760. The number of rotatable bonds is 5. The summed E-state index contributed by atoms with van der Waals surface area (Å²) in [6.07, 6.45) is 1.09. The van der Waals surface area contributed by atoms with Crippen LogP contribution in [0.15, 0.2) is 46.6 Å². The van der Waals surface area contributed by atoms with E-state index < -0.39 is 10.0 Å². The highest BCUT2D eigenvalue weighted by molar-refractivity contribution is 7.88. The first-order valence-corrected chi connectivity index (χ1v) is 9.71. The van der Waals surface area contributed by atoms with Gasteiger partial charge in [-0.15, -0.1) is 11.3 Å². The number of benzene rings is 1. The molecule has 2 aromatic heterocycles. The van der Waals surface area contributed by atoms with Crippen molar-refractivity contribution < 1.29 is 8.42 Å². The van der Waals surface area contributed by atoms with Gasteiger partial charge in [0, 0.05) is 13.1 Å². The molecular weight excluding hydrogens is 334 g/mol. The van der Waals surface area contributed by atoms with Gasteiger partial charge in [0.2, 0.25) is 10.0 Å². The number of thiophene rings is 1. The molecule has 0 saturated carbocycles. The van der Waals surface area contributed by atoms with Gasteiger partial charge in [0.15, 0.2) is 0 Å². The molecule has 3 aromatic rings. The predicted molar refractivity (Wildman–Crippen MR) is 92.2 cm³/mol. The van der Waals surface area contributed by atoms with Crippen LogP contribution < -0.4 is 10.3 Å². The van der Waals surface area contributed by atoms with Crippen molar-refractivity contribution in [3.05, 3.63) is 52.1 Å². The Hall–Kier alpha value is -2.03. The molecule has 0 aliphatic carbocycles. The Kier molecular flexibility index (Phi) is 4.29. The molecule has 3 rings (SSSR count). The van der Waals surface area contributed by atoms with Gasteiger partial charge in [0.05, 0.1) is 22.2 Å². The summed E-state index contributed by atoms with van der Waals surface area (Å²) in [5, 5.41) is 1.89. The number of nitrogens with one attached hydrogen (secondary N) is 1. The highest BCUT2D eigenvalue weighted by Crippen LogP contribution is 2.21. The van der Waals surface area contributed by atoms with E-state index in [2.05, 4.69) is 9.71 Å². The number of fused-ring (bicyclic) bond motifs is 1. The fourth-order valence-corrected chi connectivity index (χ4v) is 3.50. The maximum absolute atomic E-state index is 12.8. The fraction of sp³-hybridized carbons (Fsp3) is 0.200. The zero-order chi connectivity index (χ0) is 16.4. The largest absolute Gasteiger partial charge is 0.304 e. The van der Waals surface area contributed by atoms with Gasteiger partial charge in [-0.05, 0) is 23.6 Å². The Bertz CT molecular complexity index is 992. The van der Waals surface area contributed by atoms with E-state index in [0.717, 1.165) is 11.1 Å². The molecule has 1 aromatic carbocycles. The maximum Gasteiger partial charge on any atom is 0.278 e. The van der Waals surface area contributed by atoms with Crippen LogP contribution in [0.1, 0.15) is 0 Å². The van der Waals surface area contributed by atoms with E-state index >= 15 is 0 Å². The van der Waals surface area contributed by atoms with Crippen LogP contribution in [0, 0.1) is 0 Å². The molecule has 6 nitrogen and oxygen atoms in total. The number of aromatic nitrogens is 2. The van der Waals surface area contributed by atoms with E-state index in [1.807, 2.05) is 41.8 Å². The van der Waals surface area contributed by atoms with Gasteiger partial charge in [0.1, 0.15) is 5.69 Å². The third-order valence-corrected chi connectivity index (χ3v) is 4.91. The van der Waals surface area contributed by atoms with Crippen LogP contribution >= 0.6 is 11.3 Å². The van der Waals surface area contributed by atoms with Gasteiger partial charge in [-0.2, -0.15) is 0 Å². The van der Waals surface area contributed by atoms with Gasteiger partial charge in [-0.25, -0.2) is 18.1 Å². The van der Waals surface area contributed by atoms with Crippen molar-refractivity contribution in [3.8, 4) is 10.6 Å². The average molecular weight is 349 g/mol. The molecule has 0 atom stereocenters. The summed E-state index contributed by atoms with van der Waals surface area (Å²) in [6, 6.07) is 11.1. The second-order valence-corrected chi connectivity index (χ2v) is 7.83. The summed E-state index contributed by atoms with van der Waals surface area (Å²) in [5.41, 5.74) is 1.56. The van der Waals surface area contributed by atoms with Crippen LogP contribution in [-0.4, -0.2) is 30.8 Å². The van der Waals surface area contributed by atoms with Gasteiger partial charge in [0.25, 0.3) is 5.56 Å². The summed E-state index contributed by atoms with van der Waals surface area (Å²) in [4.78, 5) is 18.0. The molecule has 1 N–H and O–H groups in total. The van der Waals surface area contributed by atoms with E-state index in [9.17, 15) is 13.2 Å². The van der Waals surface area contributed by atoms with Crippen LogP contribution in [-0.2, 0) is 16.6 Å². The molecule has 120 valence electrons. The van der Waals surface area contributed by atoms with E-state index in [1.54, 1.807) is 4.57 Å². The first-order chi connectivity index (χ1) is 11.0. The summed E-state index contributed by atoms with van der Waals surface area (Å²) >= 11 is 1.45. The smallest absolute Gasteiger partial charge is 0.278 e. The molecule has 8 heteroatoms. The third kappa shape index (κ3) is 3.49. The molecule has 0 aliphatic heterocycles. The first-order valence-electron chi connectivity index (χ1n) is 6.94. The molecule has 0 saturated heterocycles. The first kappa shape index (κ1) is 15.9. The number of nitrogens with zero attached hydrogens (tertiary/aromatic N) is 2. The predicted octanol–water partition coefficient (Wildman–Crippen LogP) is 1.67. The van der Waals surface area contributed by atoms with Crippen molar-refractivity contribution in [2.75, 3.05) is 12.8 Å². The van der Waals surface area contributed by atoms with Gasteiger partial charge >= 0.3 is 0 Å². The van der Waals surface area contributed by atoms with E-state index in [4.69, 9.17) is 0 Å². The van der Waals surface area contributed by atoms with Crippen molar-refractivity contribution >= 4 is 32.4 Å². The topological polar surface area (TPSA) is 81.1 Å². The Morgan fingerprint density at radius 2 is 2.00 bits per heavy atom. The molecule has 0 spiro atoms. The molecule has 0 aliphatic rings. The van der Waals surface area contributed by atoms with Crippen LogP contribution in [0.5, 0.6) is 0 Å². The van der Waals surface area contributed by atoms with Crippen LogP contribution in [0.25, 0.3) is 21.6 Å². The molecule has 0 unspecified atom stereocenters. The Morgan fingerprint density at radius 3 is 2.70 bits per heavy atom. The second kappa shape index (κ2) is 6.23. The van der Waals surface area contributed by atoms with Gasteiger partial charge in [-0.1, -0.05) is 18.2 Å². The third-order valence-electron chi connectivity index (χ3n) is 3.31. The molecule has 0 amide bonds. The normalized spacial score (nSPS) is 11.9. The summed E-state index contributed by atoms with van der Waals surface area (Å²) in [5.74, 6) is 0. The van der Waals surface area contributed by atoms with Gasteiger partial charge < -0.3 is 4.57 Å². The van der Waals surface area contributed by atoms with Crippen LogP contribution in [0.4, 0.5) is 0 Å². The molecule has 0 fully saturated rings. The maximum atomic E-state index is 12.8. The highest BCUT2D eigenvalue weighted by Gasteiger charge is 2.13. The van der Waals surface area contributed by atoms with Crippen LogP contribution in [0.2, 0.25) is 0 Å². The highest BCUT2D eigenvalue weighted by atomic mass is 32.2. The zero-order valence-corrected chi connectivity index (χ0v) is 14.0. The van der Waals surface area contributed by atoms with E-state index in [1.165, 1.54) is 11.3 Å². The van der Waals surface area contributed by atoms with Crippen molar-refractivity contribution in [3.63, 3.8) is 0 Å².